The fraction of sp³-hybridized carbons (Fsp3) is 0.524. The number of urea groups is 1. The fourth-order valence-electron chi connectivity index (χ4n) is 10.9. The number of hydrogen-bond donors (Lipinski definition) is 10. The number of phosphoric ester groups is 2. The van der Waals surface area contributed by atoms with E-state index < -0.39 is 175 Å². The smallest absolute Gasteiger partial charge is 0.445 e. The van der Waals surface area contributed by atoms with Gasteiger partial charge in [-0.1, -0.05) is 83.9 Å². The van der Waals surface area contributed by atoms with Gasteiger partial charge in [0.25, 0.3) is 11.5 Å². The molecule has 9 amide bonds. The minimum absolute atomic E-state index is 0.0136. The SMILES string of the molecule is CC(C)C(=O)Nc1nc2c(ncn2[C@@H]2O[C@@H]3COP(=O)(O)O[C@H]4[C@@H](O[Si](C)(C)C(C)(C)C)[C@H](n5cnc6c(NC(=O)c7ccccc7)ncnc65)O[C@@H]4COP(=O)(O)O[C@H]3[C@H]2OC(=O)N(C)CCN(C)C(=O)OCc2ccc(NC(=O)[C@H](CCCNC(N)=O)NC(=O)[C@@H](NC(=O)CN=[N+]=[N-])C(C)C)cc2)c(=O)[nH]1. The third kappa shape index (κ3) is 20.7. The van der Waals surface area contributed by atoms with Crippen LogP contribution in [0.3, 0.4) is 0 Å². The van der Waals surface area contributed by atoms with Crippen LogP contribution in [0.1, 0.15) is 89.7 Å². The van der Waals surface area contributed by atoms with Crippen LogP contribution >= 0.6 is 15.6 Å². The molecule has 4 aromatic heterocycles. The van der Waals surface area contributed by atoms with Crippen molar-refractivity contribution in [3.05, 3.63) is 106 Å². The summed E-state index contributed by atoms with van der Waals surface area (Å²) in [6.07, 6.45) is -11.8. The Hall–Kier alpha value is -9.87. The van der Waals surface area contributed by atoms with Crippen LogP contribution in [-0.4, -0.2) is 217 Å². The van der Waals surface area contributed by atoms with Gasteiger partial charge in [-0.15, -0.1) is 0 Å². The molecule has 0 spiro atoms. The second kappa shape index (κ2) is 35.0. The zero-order valence-corrected chi connectivity index (χ0v) is 63.4. The number of aromatic amines is 1. The maximum Gasteiger partial charge on any atom is 0.472 e. The molecular weight excluding hydrogens is 1480 g/mol. The van der Waals surface area contributed by atoms with Crippen molar-refractivity contribution in [2.75, 3.05) is 69.4 Å². The zero-order valence-electron chi connectivity index (χ0n) is 60.6. The van der Waals surface area contributed by atoms with Crippen molar-refractivity contribution in [2.45, 2.75) is 147 Å². The first kappa shape index (κ1) is 82.2. The number of imidazole rings is 2. The summed E-state index contributed by atoms with van der Waals surface area (Å²) in [5.74, 6) is -4.53. The van der Waals surface area contributed by atoms with E-state index in [1.165, 1.54) is 43.4 Å². The summed E-state index contributed by atoms with van der Waals surface area (Å²) in [5.41, 5.74) is 13.6. The lowest BCUT2D eigenvalue weighted by Gasteiger charge is -2.40. The van der Waals surface area contributed by atoms with E-state index in [-0.39, 0.29) is 78.9 Å². The summed E-state index contributed by atoms with van der Waals surface area (Å²) in [5, 5.41) is 18.2. The Morgan fingerprint density at radius 2 is 1.39 bits per heavy atom. The first-order valence-corrected chi connectivity index (χ1v) is 39.8. The average molecular weight is 1570 g/mol. The highest BCUT2D eigenvalue weighted by atomic mass is 31.2. The predicted molar refractivity (Wildman–Crippen MR) is 383 cm³/mol. The molecule has 11 N–H and O–H groups in total. The molecule has 45 heteroatoms. The van der Waals surface area contributed by atoms with Crippen LogP contribution < -0.4 is 43.2 Å². The van der Waals surface area contributed by atoms with Crippen LogP contribution in [0.5, 0.6) is 0 Å². The van der Waals surface area contributed by atoms with Gasteiger partial charge < -0.3 is 75.3 Å². The molecule has 3 aliphatic heterocycles. The van der Waals surface area contributed by atoms with Crippen molar-refractivity contribution in [2.24, 2.45) is 22.7 Å². The lowest BCUT2D eigenvalue weighted by atomic mass is 10.0. The van der Waals surface area contributed by atoms with Crippen molar-refractivity contribution >= 4 is 111 Å². The van der Waals surface area contributed by atoms with E-state index in [1.54, 1.807) is 70.2 Å². The van der Waals surface area contributed by atoms with Gasteiger partial charge in [-0.2, -0.15) is 4.98 Å². The molecule has 7 heterocycles. The van der Waals surface area contributed by atoms with E-state index >= 15 is 0 Å². The third-order valence-electron chi connectivity index (χ3n) is 17.9. The van der Waals surface area contributed by atoms with Gasteiger partial charge in [-0.25, -0.2) is 43.4 Å². The van der Waals surface area contributed by atoms with Gasteiger partial charge in [0.2, 0.25) is 29.6 Å². The number of fused-ring (bicyclic) bond motifs is 4. The molecule has 584 valence electrons. The van der Waals surface area contributed by atoms with Gasteiger partial charge in [0.05, 0.1) is 25.9 Å². The van der Waals surface area contributed by atoms with Crippen molar-refractivity contribution in [1.29, 1.82) is 0 Å². The zero-order chi connectivity index (χ0) is 78.7. The number of nitrogens with two attached hydrogens (primary N) is 1. The van der Waals surface area contributed by atoms with E-state index in [9.17, 15) is 62.1 Å². The maximum absolute atomic E-state index is 14.7. The molecule has 0 bridgehead atoms. The number of ether oxygens (including phenoxy) is 4. The summed E-state index contributed by atoms with van der Waals surface area (Å²) in [6, 6.07) is 11.3. The number of carbonyl (C=O) groups excluding carboxylic acids is 8. The number of anilines is 3. The standard InChI is InChI=1S/C63H86N20O22P2Si/c1-33(2)42(74-41(84)26-71-79-65)55(88)73-38(18-15-23-66-59(64)90)54(87)72-37-21-19-35(20-22-37)27-97-61(91)80(8)24-25-81(9)62(92)102-47-45-39(100-57(47)83-32-70-44-51(83)76-60(78-56(44)89)77-52(85)34(3)4)28-98-107(95,96)104-46-40(29-99-106(93,94)103-45)101-58(48(46)105-108(10,11)63(5,6)7)82-31-69-43-49(67-30-68-50(43)82)75-53(86)36-16-13-12-14-17-36/h12-14,16-17,19-22,30-34,38-40,42,45-48,57-58H,15,18,23-29H2,1-11H3,(H,72,87)(H,73,88)(H,74,84)(H,93,94)(H,95,96)(H3,64,66,90)(H,67,68,75,86)(H2,76,77,78,85,89)/t38-,39+,40+,42-,45+,46+,47+,48+,57+,58+/m0/s1. The molecular formula is C63H86N20O22P2Si. The largest absolute Gasteiger partial charge is 0.472 e. The topological polar surface area (TPSA) is 555 Å². The quantitative estimate of drug-likeness (QED) is 0.00849. The fourth-order valence-corrected chi connectivity index (χ4v) is 14.1. The highest BCUT2D eigenvalue weighted by Crippen LogP contribution is 2.55. The Bertz CT molecular complexity index is 4500. The molecule has 42 nitrogen and oxygen atoms in total. The Morgan fingerprint density at radius 3 is 1.99 bits per heavy atom. The van der Waals surface area contributed by atoms with Crippen LogP contribution in [0.4, 0.5) is 31.8 Å². The van der Waals surface area contributed by atoms with Gasteiger partial charge in [-0.3, -0.25) is 66.3 Å². The van der Waals surface area contributed by atoms with Crippen LogP contribution in [-0.2, 0) is 76.4 Å². The molecule has 9 rings (SSSR count). The molecule has 3 saturated heterocycles. The van der Waals surface area contributed by atoms with Crippen LogP contribution in [0.15, 0.2) is 83.5 Å². The Kier molecular flexibility index (Phi) is 26.6. The summed E-state index contributed by atoms with van der Waals surface area (Å²) in [7, 11) is -11.3. The Labute approximate surface area is 617 Å². The number of aromatic nitrogens is 8. The predicted octanol–water partition coefficient (Wildman–Crippen LogP) is 5.04. The highest BCUT2D eigenvalue weighted by molar-refractivity contribution is 7.47. The number of amides is 9. The molecule has 6 aromatic rings. The molecule has 108 heavy (non-hydrogen) atoms. The maximum atomic E-state index is 14.7. The van der Waals surface area contributed by atoms with E-state index in [1.807, 2.05) is 33.9 Å². The second-order valence-corrected chi connectivity index (χ2v) is 35.1. The number of rotatable bonds is 26. The molecule has 3 fully saturated rings. The third-order valence-corrected chi connectivity index (χ3v) is 24.3. The van der Waals surface area contributed by atoms with Gasteiger partial charge in [0.15, 0.2) is 55.0 Å². The molecule has 3 aliphatic rings. The molecule has 0 aliphatic carbocycles. The minimum Gasteiger partial charge on any atom is -0.445 e. The molecule has 2 unspecified atom stereocenters. The van der Waals surface area contributed by atoms with Crippen LogP contribution in [0, 0.1) is 11.8 Å². The van der Waals surface area contributed by atoms with Gasteiger partial charge in [-0.05, 0) is 72.3 Å². The molecule has 0 radical (unpaired) electrons. The van der Waals surface area contributed by atoms with Gasteiger partial charge in [0, 0.05) is 55.8 Å². The van der Waals surface area contributed by atoms with Gasteiger partial charge in [0.1, 0.15) is 62.1 Å². The monoisotopic (exact) mass is 1560 g/mol. The number of likely N-dealkylation sites (N-methyl/N-ethyl adjacent to an activating group) is 2. The lowest BCUT2D eigenvalue weighted by Crippen LogP contribution is -2.55. The summed E-state index contributed by atoms with van der Waals surface area (Å²) in [4.78, 5) is 171. The minimum atomic E-state index is -5.52. The van der Waals surface area contributed by atoms with E-state index in [2.05, 4.69) is 71.8 Å². The molecule has 0 saturated carbocycles. The summed E-state index contributed by atoms with van der Waals surface area (Å²) < 4.78 is 86.7. The molecule has 12 atom stereocenters. The van der Waals surface area contributed by atoms with Crippen LogP contribution in [0.2, 0.25) is 18.1 Å². The number of nitrogens with zero attached hydrogens (tertiary/aromatic N) is 12. The number of azide groups is 1. The van der Waals surface area contributed by atoms with Crippen molar-refractivity contribution in [3.63, 3.8) is 0 Å². The second-order valence-electron chi connectivity index (χ2n) is 27.5. The average Bonchev–Trinajstić information content (AvgIpc) is 1.60. The normalized spacial score (nSPS) is 22.9. The molecule has 2 aromatic carbocycles. The Balaban J connectivity index is 0.916. The Morgan fingerprint density at radius 1 is 0.787 bits per heavy atom. The summed E-state index contributed by atoms with van der Waals surface area (Å²) in [6.45, 7) is 12.8. The number of benzene rings is 2. The first-order valence-electron chi connectivity index (χ1n) is 33.9. The number of H-pyrrole nitrogens is 1. The van der Waals surface area contributed by atoms with Crippen molar-refractivity contribution in [3.8, 4) is 0 Å². The van der Waals surface area contributed by atoms with Crippen LogP contribution in [0.25, 0.3) is 32.8 Å². The first-order chi connectivity index (χ1) is 50.9. The van der Waals surface area contributed by atoms with Crippen molar-refractivity contribution in [1.82, 2.24) is 64.8 Å². The lowest BCUT2D eigenvalue weighted by molar-refractivity contribution is -0.131. The van der Waals surface area contributed by atoms with E-state index in [4.69, 9.17) is 52.7 Å². The number of carbonyl (C=O) groups is 8. The van der Waals surface area contributed by atoms with E-state index in [0.717, 1.165) is 20.7 Å². The van der Waals surface area contributed by atoms with Crippen molar-refractivity contribution < 1.29 is 98.7 Å². The highest BCUT2D eigenvalue weighted by Gasteiger charge is 2.58. The number of phosphoric acid groups is 2. The summed E-state index contributed by atoms with van der Waals surface area (Å²) >= 11 is 0. The number of primary amides is 1. The van der Waals surface area contributed by atoms with Gasteiger partial charge >= 0.3 is 33.9 Å². The number of hydrogen-bond acceptors (Lipinski definition) is 26. The number of nitrogens with one attached hydrogen (secondary N) is 7. The van der Waals surface area contributed by atoms with E-state index in [0.29, 0.717) is 11.1 Å².